The van der Waals surface area contributed by atoms with E-state index < -0.39 is 6.04 Å². The SMILES string of the molecule is CCCC(=O)NC(Cc1ccccc1)C(=O)Nc1nnc(-c2ccc(Cl)cc2)s1. The predicted molar refractivity (Wildman–Crippen MR) is 116 cm³/mol. The lowest BCUT2D eigenvalue weighted by molar-refractivity contribution is -0.126. The summed E-state index contributed by atoms with van der Waals surface area (Å²) in [7, 11) is 0. The van der Waals surface area contributed by atoms with Gasteiger partial charge in [-0.15, -0.1) is 10.2 Å². The highest BCUT2D eigenvalue weighted by Gasteiger charge is 2.22. The molecule has 29 heavy (non-hydrogen) atoms. The molecule has 6 nitrogen and oxygen atoms in total. The molecule has 2 aromatic carbocycles. The van der Waals surface area contributed by atoms with Gasteiger partial charge in [-0.1, -0.05) is 72.3 Å². The minimum Gasteiger partial charge on any atom is -0.344 e. The van der Waals surface area contributed by atoms with Crippen LogP contribution in [0.5, 0.6) is 0 Å². The first kappa shape index (κ1) is 21.0. The highest BCUT2D eigenvalue weighted by atomic mass is 35.5. The van der Waals surface area contributed by atoms with E-state index in [9.17, 15) is 9.59 Å². The van der Waals surface area contributed by atoms with Gasteiger partial charge in [0.2, 0.25) is 16.9 Å². The van der Waals surface area contributed by atoms with Gasteiger partial charge in [0.25, 0.3) is 0 Å². The largest absolute Gasteiger partial charge is 0.344 e. The van der Waals surface area contributed by atoms with Gasteiger partial charge in [0.1, 0.15) is 11.0 Å². The summed E-state index contributed by atoms with van der Waals surface area (Å²) in [5.74, 6) is -0.472. The molecule has 0 bridgehead atoms. The van der Waals surface area contributed by atoms with Crippen LogP contribution in [0.3, 0.4) is 0 Å². The number of nitrogens with one attached hydrogen (secondary N) is 2. The molecule has 1 heterocycles. The summed E-state index contributed by atoms with van der Waals surface area (Å²) in [4.78, 5) is 24.9. The average Bonchev–Trinajstić information content (AvgIpc) is 3.17. The van der Waals surface area contributed by atoms with Crippen LogP contribution in [0.2, 0.25) is 5.02 Å². The maximum atomic E-state index is 12.8. The number of amides is 2. The standard InChI is InChI=1S/C21H21ClN4O2S/c1-2-6-18(27)23-17(13-14-7-4-3-5-8-14)19(28)24-21-26-25-20(29-21)15-9-11-16(22)12-10-15/h3-5,7-12,17H,2,6,13H2,1H3,(H,23,27)(H,24,26,28). The molecule has 0 aliphatic rings. The number of benzene rings is 2. The Hall–Kier alpha value is -2.77. The fourth-order valence-corrected chi connectivity index (χ4v) is 3.61. The lowest BCUT2D eigenvalue weighted by Gasteiger charge is -2.17. The van der Waals surface area contributed by atoms with E-state index in [4.69, 9.17) is 11.6 Å². The Bertz CT molecular complexity index is 960. The molecule has 0 fully saturated rings. The van der Waals surface area contributed by atoms with Crippen LogP contribution in [0.1, 0.15) is 25.3 Å². The third-order valence-corrected chi connectivity index (χ3v) is 5.30. The smallest absolute Gasteiger partial charge is 0.249 e. The Balaban J connectivity index is 1.71. The zero-order valence-electron chi connectivity index (χ0n) is 15.9. The third kappa shape index (κ3) is 6.10. The maximum absolute atomic E-state index is 12.8. The second kappa shape index (κ2) is 10.1. The van der Waals surface area contributed by atoms with Crippen molar-refractivity contribution in [2.75, 3.05) is 5.32 Å². The average molecular weight is 429 g/mol. The van der Waals surface area contributed by atoms with E-state index in [1.807, 2.05) is 49.4 Å². The maximum Gasteiger partial charge on any atom is 0.249 e. The number of nitrogens with zero attached hydrogens (tertiary/aromatic N) is 2. The zero-order valence-corrected chi connectivity index (χ0v) is 17.5. The van der Waals surface area contributed by atoms with Crippen LogP contribution in [-0.4, -0.2) is 28.1 Å². The fraction of sp³-hybridized carbons (Fsp3) is 0.238. The number of halogens is 1. The van der Waals surface area contributed by atoms with Crippen molar-refractivity contribution in [2.45, 2.75) is 32.2 Å². The lowest BCUT2D eigenvalue weighted by atomic mass is 10.1. The van der Waals surface area contributed by atoms with Gasteiger partial charge in [0, 0.05) is 23.4 Å². The summed E-state index contributed by atoms with van der Waals surface area (Å²) in [5, 5.41) is 15.5. The molecule has 1 aromatic heterocycles. The van der Waals surface area contributed by atoms with Gasteiger partial charge in [-0.25, -0.2) is 0 Å². The van der Waals surface area contributed by atoms with Crippen LogP contribution in [0.4, 0.5) is 5.13 Å². The number of carbonyl (C=O) groups is 2. The first-order valence-electron chi connectivity index (χ1n) is 9.28. The number of carbonyl (C=O) groups excluding carboxylic acids is 2. The third-order valence-electron chi connectivity index (χ3n) is 4.16. The summed E-state index contributed by atoms with van der Waals surface area (Å²) in [6.45, 7) is 1.92. The van der Waals surface area contributed by atoms with Crippen LogP contribution in [-0.2, 0) is 16.0 Å². The zero-order chi connectivity index (χ0) is 20.6. The van der Waals surface area contributed by atoms with E-state index in [2.05, 4.69) is 20.8 Å². The minimum absolute atomic E-state index is 0.150. The van der Waals surface area contributed by atoms with E-state index in [0.717, 1.165) is 11.1 Å². The molecule has 0 spiro atoms. The molecule has 2 amide bonds. The fourth-order valence-electron chi connectivity index (χ4n) is 2.73. The van der Waals surface area contributed by atoms with Crippen LogP contribution in [0.15, 0.2) is 54.6 Å². The van der Waals surface area contributed by atoms with Gasteiger partial charge in [0.05, 0.1) is 0 Å². The first-order chi connectivity index (χ1) is 14.0. The van der Waals surface area contributed by atoms with Gasteiger partial charge in [0.15, 0.2) is 0 Å². The molecule has 8 heteroatoms. The van der Waals surface area contributed by atoms with E-state index >= 15 is 0 Å². The van der Waals surface area contributed by atoms with E-state index in [1.165, 1.54) is 11.3 Å². The number of hydrogen-bond donors (Lipinski definition) is 2. The van der Waals surface area contributed by atoms with Gasteiger partial charge < -0.3 is 5.32 Å². The monoisotopic (exact) mass is 428 g/mol. The minimum atomic E-state index is -0.695. The quantitative estimate of drug-likeness (QED) is 0.559. The highest BCUT2D eigenvalue weighted by Crippen LogP contribution is 2.27. The van der Waals surface area contributed by atoms with Crippen LogP contribution in [0, 0.1) is 0 Å². The van der Waals surface area contributed by atoms with Gasteiger partial charge >= 0.3 is 0 Å². The second-order valence-corrected chi connectivity index (χ2v) is 7.88. The van der Waals surface area contributed by atoms with E-state index in [-0.39, 0.29) is 11.8 Å². The van der Waals surface area contributed by atoms with Crippen molar-refractivity contribution in [1.29, 1.82) is 0 Å². The first-order valence-corrected chi connectivity index (χ1v) is 10.5. The summed E-state index contributed by atoms with van der Waals surface area (Å²) in [5.41, 5.74) is 1.83. The molecular weight excluding hydrogens is 408 g/mol. The molecule has 1 atom stereocenters. The molecule has 2 N–H and O–H groups in total. The van der Waals surface area contributed by atoms with Crippen molar-refractivity contribution >= 4 is 39.9 Å². The van der Waals surface area contributed by atoms with Crippen molar-refractivity contribution < 1.29 is 9.59 Å². The summed E-state index contributed by atoms with van der Waals surface area (Å²) in [6.07, 6.45) is 1.48. The Morgan fingerprint density at radius 3 is 2.48 bits per heavy atom. The number of anilines is 1. The Morgan fingerprint density at radius 1 is 1.07 bits per heavy atom. The van der Waals surface area contributed by atoms with Crippen LogP contribution in [0.25, 0.3) is 10.6 Å². The molecular formula is C21H21ClN4O2S. The van der Waals surface area contributed by atoms with Crippen molar-refractivity contribution in [3.8, 4) is 10.6 Å². The Kier molecular flexibility index (Phi) is 7.32. The summed E-state index contributed by atoms with van der Waals surface area (Å²) < 4.78 is 0. The molecule has 0 saturated heterocycles. The second-order valence-electron chi connectivity index (χ2n) is 6.47. The van der Waals surface area contributed by atoms with Crippen molar-refractivity contribution in [2.24, 2.45) is 0 Å². The number of aromatic nitrogens is 2. The molecule has 0 radical (unpaired) electrons. The molecule has 3 aromatic rings. The van der Waals surface area contributed by atoms with Crippen molar-refractivity contribution in [1.82, 2.24) is 15.5 Å². The Labute approximate surface area is 178 Å². The van der Waals surface area contributed by atoms with E-state index in [0.29, 0.717) is 34.4 Å². The predicted octanol–water partition coefficient (Wildman–Crippen LogP) is 4.32. The summed E-state index contributed by atoms with van der Waals surface area (Å²) in [6, 6.07) is 16.1. The number of hydrogen-bond acceptors (Lipinski definition) is 5. The van der Waals surface area contributed by atoms with Gasteiger partial charge in [-0.05, 0) is 24.1 Å². The van der Waals surface area contributed by atoms with E-state index in [1.54, 1.807) is 12.1 Å². The molecule has 0 aliphatic heterocycles. The summed E-state index contributed by atoms with van der Waals surface area (Å²) >= 11 is 7.18. The molecule has 0 saturated carbocycles. The van der Waals surface area contributed by atoms with Gasteiger partial charge in [-0.2, -0.15) is 0 Å². The Morgan fingerprint density at radius 2 is 1.79 bits per heavy atom. The molecule has 150 valence electrons. The molecule has 3 rings (SSSR count). The topological polar surface area (TPSA) is 84.0 Å². The molecule has 0 aliphatic carbocycles. The highest BCUT2D eigenvalue weighted by molar-refractivity contribution is 7.18. The van der Waals surface area contributed by atoms with Crippen LogP contribution < -0.4 is 10.6 Å². The van der Waals surface area contributed by atoms with Gasteiger partial charge in [-0.3, -0.25) is 14.9 Å². The van der Waals surface area contributed by atoms with Crippen LogP contribution >= 0.6 is 22.9 Å². The van der Waals surface area contributed by atoms with Crippen molar-refractivity contribution in [3.63, 3.8) is 0 Å². The molecule has 1 unspecified atom stereocenters. The normalized spacial score (nSPS) is 11.7. The lowest BCUT2D eigenvalue weighted by Crippen LogP contribution is -2.45. The van der Waals surface area contributed by atoms with Crippen molar-refractivity contribution in [3.05, 3.63) is 65.2 Å². The number of rotatable bonds is 8.